The molecule has 0 radical (unpaired) electrons. The molecule has 174 valence electrons. The molecule has 6 nitrogen and oxygen atoms in total. The summed E-state index contributed by atoms with van der Waals surface area (Å²) < 4.78 is 28.4. The van der Waals surface area contributed by atoms with Crippen LogP contribution < -0.4 is 4.90 Å². The number of anilines is 1. The van der Waals surface area contributed by atoms with Crippen molar-refractivity contribution in [2.24, 2.45) is 0 Å². The van der Waals surface area contributed by atoms with Crippen molar-refractivity contribution in [2.45, 2.75) is 63.1 Å². The van der Waals surface area contributed by atoms with Crippen LogP contribution in [0.15, 0.2) is 47.8 Å². The lowest BCUT2D eigenvalue weighted by Gasteiger charge is -2.28. The summed E-state index contributed by atoms with van der Waals surface area (Å²) in [4.78, 5) is 11.5. The molecule has 8 heteroatoms. The van der Waals surface area contributed by atoms with Crippen molar-refractivity contribution in [2.75, 3.05) is 18.0 Å². The third-order valence-electron chi connectivity index (χ3n) is 6.98. The second-order valence-electron chi connectivity index (χ2n) is 8.69. The molecule has 0 spiro atoms. The number of piperidine rings is 1. The van der Waals surface area contributed by atoms with E-state index in [0.717, 1.165) is 55.3 Å². The van der Waals surface area contributed by atoms with E-state index in [9.17, 15) is 8.42 Å². The van der Waals surface area contributed by atoms with Gasteiger partial charge in [-0.05, 0) is 49.5 Å². The number of aromatic nitrogens is 3. The fourth-order valence-corrected chi connectivity index (χ4v) is 8.33. The van der Waals surface area contributed by atoms with Crippen molar-refractivity contribution in [3.63, 3.8) is 0 Å². The van der Waals surface area contributed by atoms with E-state index in [1.54, 1.807) is 30.5 Å². The molecule has 3 heterocycles. The fourth-order valence-electron chi connectivity index (χ4n) is 4.56. The third-order valence-corrected chi connectivity index (χ3v) is 13.4. The summed E-state index contributed by atoms with van der Waals surface area (Å²) in [6.07, 6.45) is 6.55. The van der Waals surface area contributed by atoms with E-state index >= 15 is 0 Å². The summed E-state index contributed by atoms with van der Waals surface area (Å²) in [6.45, 7) is 8.48. The van der Waals surface area contributed by atoms with Crippen LogP contribution in [0.1, 0.15) is 45.6 Å². The van der Waals surface area contributed by atoms with Gasteiger partial charge in [-0.2, -0.15) is 0 Å². The molecule has 2 aromatic heterocycles. The molecule has 0 unspecified atom stereocenters. The zero-order valence-electron chi connectivity index (χ0n) is 19.7. The summed E-state index contributed by atoms with van der Waals surface area (Å²) >= 11 is 0. The number of fused-ring (bicyclic) bond motifs is 1. The van der Waals surface area contributed by atoms with Gasteiger partial charge in [-0.3, -0.25) is 0 Å². The summed E-state index contributed by atoms with van der Waals surface area (Å²) in [5.74, 6) is 4.22. The van der Waals surface area contributed by atoms with Gasteiger partial charge in [0.05, 0.1) is 15.8 Å². The topological polar surface area (TPSA) is 68.1 Å². The van der Waals surface area contributed by atoms with Crippen molar-refractivity contribution >= 4 is 34.9 Å². The standard InChI is InChI=1S/C25H32N4O2SSi/c1-4-33(5-2,6-3)18-15-21-19-29(32(30,31)22-13-9-7-10-14-22)25-23(21)24(26-20-27-25)28-16-11-8-12-17-28/h7,9-10,13-14,19-20H,4-6,8,11-12,16-17H2,1-3H3. The van der Waals surface area contributed by atoms with Gasteiger partial charge in [0.15, 0.2) is 5.65 Å². The number of nitrogens with zero attached hydrogens (tertiary/aromatic N) is 4. The molecule has 0 atom stereocenters. The predicted octanol–water partition coefficient (Wildman–Crippen LogP) is 5.06. The highest BCUT2D eigenvalue weighted by atomic mass is 32.2. The maximum absolute atomic E-state index is 13.6. The van der Waals surface area contributed by atoms with E-state index in [1.807, 2.05) is 6.07 Å². The minimum atomic E-state index is -3.81. The number of rotatable bonds is 6. The Morgan fingerprint density at radius 2 is 1.64 bits per heavy atom. The van der Waals surface area contributed by atoms with Gasteiger partial charge in [-0.25, -0.2) is 22.4 Å². The van der Waals surface area contributed by atoms with Crippen molar-refractivity contribution in [1.82, 2.24) is 13.9 Å². The molecule has 33 heavy (non-hydrogen) atoms. The molecule has 1 aliphatic heterocycles. The van der Waals surface area contributed by atoms with Gasteiger partial charge in [0.2, 0.25) is 0 Å². The van der Waals surface area contributed by atoms with E-state index in [2.05, 4.69) is 47.1 Å². The van der Waals surface area contributed by atoms with Crippen molar-refractivity contribution in [3.05, 3.63) is 48.4 Å². The van der Waals surface area contributed by atoms with Crippen LogP contribution in [0.3, 0.4) is 0 Å². The second kappa shape index (κ2) is 9.70. The highest BCUT2D eigenvalue weighted by molar-refractivity contribution is 7.90. The van der Waals surface area contributed by atoms with E-state index in [-0.39, 0.29) is 4.90 Å². The van der Waals surface area contributed by atoms with Crippen LogP contribution in [0.5, 0.6) is 0 Å². The normalized spacial score (nSPS) is 14.8. The van der Waals surface area contributed by atoms with Crippen molar-refractivity contribution in [1.29, 1.82) is 0 Å². The van der Waals surface area contributed by atoms with Crippen LogP contribution in [-0.2, 0) is 10.0 Å². The van der Waals surface area contributed by atoms with Crippen LogP contribution in [0.2, 0.25) is 18.1 Å². The van der Waals surface area contributed by atoms with Gasteiger partial charge in [0.1, 0.15) is 20.2 Å². The molecule has 0 N–H and O–H groups in total. The lowest BCUT2D eigenvalue weighted by molar-refractivity contribution is 0.574. The Morgan fingerprint density at radius 3 is 2.27 bits per heavy atom. The third kappa shape index (κ3) is 4.44. The molecular weight excluding hydrogens is 448 g/mol. The maximum Gasteiger partial charge on any atom is 0.269 e. The molecule has 4 rings (SSSR count). The molecule has 1 aromatic carbocycles. The van der Waals surface area contributed by atoms with E-state index in [1.165, 1.54) is 16.7 Å². The first-order valence-corrected chi connectivity index (χ1v) is 16.0. The van der Waals surface area contributed by atoms with Crippen LogP contribution >= 0.6 is 0 Å². The Balaban J connectivity index is 1.97. The van der Waals surface area contributed by atoms with E-state index < -0.39 is 18.1 Å². The zero-order chi connectivity index (χ0) is 23.5. The number of benzene rings is 1. The monoisotopic (exact) mass is 480 g/mol. The molecule has 0 amide bonds. The Kier molecular flexibility index (Phi) is 6.91. The fraction of sp³-hybridized carbons (Fsp3) is 0.440. The number of hydrogen-bond acceptors (Lipinski definition) is 5. The average molecular weight is 481 g/mol. The summed E-state index contributed by atoms with van der Waals surface area (Å²) in [7, 11) is -5.53. The lowest BCUT2D eigenvalue weighted by Crippen LogP contribution is -2.30. The molecule has 0 aliphatic carbocycles. The van der Waals surface area contributed by atoms with Gasteiger partial charge >= 0.3 is 0 Å². The first kappa shape index (κ1) is 23.5. The first-order chi connectivity index (χ1) is 16.0. The minimum Gasteiger partial charge on any atom is -0.356 e. The molecule has 0 saturated carbocycles. The van der Waals surface area contributed by atoms with Gasteiger partial charge in [0, 0.05) is 19.3 Å². The lowest BCUT2D eigenvalue weighted by atomic mass is 10.1. The summed E-state index contributed by atoms with van der Waals surface area (Å²) in [5, 5.41) is 0.748. The largest absolute Gasteiger partial charge is 0.356 e. The summed E-state index contributed by atoms with van der Waals surface area (Å²) in [6, 6.07) is 11.8. The van der Waals surface area contributed by atoms with Gasteiger partial charge in [-0.1, -0.05) is 44.9 Å². The van der Waals surface area contributed by atoms with Crippen molar-refractivity contribution in [3.8, 4) is 11.5 Å². The summed E-state index contributed by atoms with van der Waals surface area (Å²) in [5.41, 5.74) is 4.74. The highest BCUT2D eigenvalue weighted by Gasteiger charge is 2.27. The molecule has 3 aromatic rings. The molecular formula is C25H32N4O2SSi. The van der Waals surface area contributed by atoms with E-state index in [0.29, 0.717) is 11.2 Å². The Hall–Kier alpha value is -2.63. The Morgan fingerprint density at radius 1 is 0.970 bits per heavy atom. The van der Waals surface area contributed by atoms with Gasteiger partial charge in [-0.15, -0.1) is 5.54 Å². The van der Waals surface area contributed by atoms with Crippen LogP contribution in [0.4, 0.5) is 5.82 Å². The van der Waals surface area contributed by atoms with Crippen LogP contribution in [0, 0.1) is 11.5 Å². The van der Waals surface area contributed by atoms with Crippen LogP contribution in [0.25, 0.3) is 11.0 Å². The second-order valence-corrected chi connectivity index (χ2v) is 15.4. The van der Waals surface area contributed by atoms with Crippen LogP contribution in [-0.4, -0.2) is 43.5 Å². The first-order valence-electron chi connectivity index (χ1n) is 11.9. The molecule has 1 saturated heterocycles. The van der Waals surface area contributed by atoms with Gasteiger partial charge < -0.3 is 4.90 Å². The predicted molar refractivity (Wildman–Crippen MR) is 137 cm³/mol. The average Bonchev–Trinajstić information content (AvgIpc) is 3.26. The maximum atomic E-state index is 13.6. The molecule has 1 fully saturated rings. The zero-order valence-corrected chi connectivity index (χ0v) is 21.5. The molecule has 0 bridgehead atoms. The van der Waals surface area contributed by atoms with E-state index in [4.69, 9.17) is 0 Å². The van der Waals surface area contributed by atoms with Crippen molar-refractivity contribution < 1.29 is 8.42 Å². The number of hydrogen-bond donors (Lipinski definition) is 0. The highest BCUT2D eigenvalue weighted by Crippen LogP contribution is 2.32. The quantitative estimate of drug-likeness (QED) is 0.364. The molecule has 1 aliphatic rings. The smallest absolute Gasteiger partial charge is 0.269 e. The van der Waals surface area contributed by atoms with Gasteiger partial charge in [0.25, 0.3) is 10.0 Å². The minimum absolute atomic E-state index is 0.235. The Bertz CT molecular complexity index is 1270. The SMILES string of the molecule is CC[Si](C#Cc1cn(S(=O)(=O)c2ccccc2)c2ncnc(N3CCCCC3)c12)(CC)CC. The Labute approximate surface area is 198 Å².